The lowest BCUT2D eigenvalue weighted by Gasteiger charge is -2.18. The predicted octanol–water partition coefficient (Wildman–Crippen LogP) is 4.54. The number of amides is 1. The quantitative estimate of drug-likeness (QED) is 0.221. The smallest absolute Gasteiger partial charge is 0.419 e. The molecule has 0 radical (unpaired) electrons. The van der Waals surface area contributed by atoms with E-state index in [1.54, 1.807) is 42.5 Å². The van der Waals surface area contributed by atoms with Crippen molar-refractivity contribution in [2.45, 2.75) is 25.4 Å². The first-order valence-electron chi connectivity index (χ1n) is 12.1. The number of anilines is 1. The zero-order chi connectivity index (χ0) is 29.0. The average molecular weight is 580 g/mol. The summed E-state index contributed by atoms with van der Waals surface area (Å²) in [5.41, 5.74) is -0.419. The Hall–Kier alpha value is -4.12. The van der Waals surface area contributed by atoms with Crippen molar-refractivity contribution < 1.29 is 46.7 Å². The number of carboxylic acids is 1. The number of benzene rings is 3. The van der Waals surface area contributed by atoms with Crippen LogP contribution < -0.4 is 19.4 Å². The molecular formula is C28H24ClF4N2O5+. The zero-order valence-electron chi connectivity index (χ0n) is 21.1. The van der Waals surface area contributed by atoms with Crippen molar-refractivity contribution in [1.82, 2.24) is 0 Å². The van der Waals surface area contributed by atoms with Gasteiger partial charge in [-0.15, -0.1) is 0 Å². The maximum absolute atomic E-state index is 14.2. The van der Waals surface area contributed by atoms with E-state index in [9.17, 15) is 27.2 Å². The van der Waals surface area contributed by atoms with Crippen LogP contribution in [0.2, 0.25) is 5.02 Å². The Balaban J connectivity index is 1.75. The summed E-state index contributed by atoms with van der Waals surface area (Å²) >= 11 is 6.03. The number of ether oxygens (including phenoxy) is 2. The van der Waals surface area contributed by atoms with Crippen molar-refractivity contribution >= 4 is 40.6 Å². The first-order chi connectivity index (χ1) is 19.0. The van der Waals surface area contributed by atoms with Gasteiger partial charge in [-0.2, -0.15) is 18.2 Å². The van der Waals surface area contributed by atoms with Crippen LogP contribution in [0.15, 0.2) is 54.6 Å². The first kappa shape index (κ1) is 28.9. The molecule has 0 fully saturated rings. The molecule has 1 aliphatic heterocycles. The number of hydrogen-bond acceptors (Lipinski definition) is 4. The molecule has 12 heteroatoms. The molecule has 210 valence electrons. The highest BCUT2D eigenvalue weighted by molar-refractivity contribution is 6.47. The number of aliphatic carboxylic acids is 1. The van der Waals surface area contributed by atoms with Gasteiger partial charge in [0.05, 0.1) is 37.0 Å². The number of halogens is 5. The number of fused-ring (bicyclic) bond motifs is 1. The summed E-state index contributed by atoms with van der Waals surface area (Å²) in [5.74, 6) is -2.28. The molecule has 3 aromatic carbocycles. The molecular weight excluding hydrogens is 556 g/mol. The van der Waals surface area contributed by atoms with Crippen molar-refractivity contribution in [2.24, 2.45) is 0 Å². The van der Waals surface area contributed by atoms with Crippen LogP contribution in [-0.2, 0) is 22.2 Å². The van der Waals surface area contributed by atoms with Gasteiger partial charge in [0.25, 0.3) is 5.71 Å². The number of carboxylic acid groups (broad SMARTS) is 1. The van der Waals surface area contributed by atoms with Gasteiger partial charge in [0, 0.05) is 29.7 Å². The van der Waals surface area contributed by atoms with E-state index < -0.39 is 29.4 Å². The minimum absolute atomic E-state index is 0.0208. The van der Waals surface area contributed by atoms with E-state index in [4.69, 9.17) is 26.2 Å². The molecule has 4 rings (SSSR count). The number of hydrogen-bond donors (Lipinski definition) is 2. The molecule has 0 bridgehead atoms. The number of nitrogens with zero attached hydrogens (tertiary/aromatic N) is 1. The third-order valence-corrected chi connectivity index (χ3v) is 6.40. The Morgan fingerprint density at radius 2 is 1.77 bits per heavy atom. The molecule has 1 aliphatic rings. The van der Waals surface area contributed by atoms with Crippen LogP contribution in [0.5, 0.6) is 11.5 Å². The summed E-state index contributed by atoms with van der Waals surface area (Å²) in [5, 5.41) is 9.23. The standard InChI is InChI=1S/C28H23ClF4N2O5/c1-39-20-12-19(13-21(14-20)40-10-2-3-25(36)37)34-26(16-4-6-18(29)7-5-16)27(38)35-9-8-17-11-23(30)22(15-24(17)35)28(31,32)33/h4-7,11-15H,2-3,8-10H2,1H3,(H,36,37)/p+1. The van der Waals surface area contributed by atoms with Gasteiger partial charge in [0.1, 0.15) is 17.3 Å². The summed E-state index contributed by atoms with van der Waals surface area (Å²) in [7, 11) is 1.43. The lowest BCUT2D eigenvalue weighted by molar-refractivity contribution is -0.352. The molecule has 0 spiro atoms. The fourth-order valence-electron chi connectivity index (χ4n) is 4.24. The largest absolute Gasteiger partial charge is 0.496 e. The average Bonchev–Trinajstić information content (AvgIpc) is 3.31. The molecule has 1 amide bonds. The summed E-state index contributed by atoms with van der Waals surface area (Å²) in [6, 6.07) is 12.5. The summed E-state index contributed by atoms with van der Waals surface area (Å²) in [4.78, 5) is 28.8. The van der Waals surface area contributed by atoms with Crippen LogP contribution in [0.4, 0.5) is 28.9 Å². The van der Waals surface area contributed by atoms with Crippen molar-refractivity contribution in [3.63, 3.8) is 0 Å². The Kier molecular flexibility index (Phi) is 8.63. The zero-order valence-corrected chi connectivity index (χ0v) is 21.9. The lowest BCUT2D eigenvalue weighted by Crippen LogP contribution is -2.70. The summed E-state index contributed by atoms with van der Waals surface area (Å²) in [6.45, 7) is 0.165. The van der Waals surface area contributed by atoms with Crippen LogP contribution >= 0.6 is 11.6 Å². The number of methoxy groups -OCH3 is 1. The third-order valence-electron chi connectivity index (χ3n) is 6.15. The normalized spacial score (nSPS) is 13.2. The number of alkyl halides is 3. The second kappa shape index (κ2) is 12.0. The van der Waals surface area contributed by atoms with E-state index in [1.165, 1.54) is 12.0 Å². The Morgan fingerprint density at radius 1 is 1.07 bits per heavy atom. The van der Waals surface area contributed by atoms with E-state index in [2.05, 4.69) is 4.99 Å². The van der Waals surface area contributed by atoms with Crippen molar-refractivity contribution in [2.75, 3.05) is 25.2 Å². The Labute approximate surface area is 231 Å². The van der Waals surface area contributed by atoms with Crippen LogP contribution in [0.25, 0.3) is 0 Å². The van der Waals surface area contributed by atoms with Gasteiger partial charge in [0.15, 0.2) is 0 Å². The Morgan fingerprint density at radius 3 is 2.42 bits per heavy atom. The molecule has 3 aromatic rings. The first-order valence-corrected chi connectivity index (χ1v) is 12.5. The SMILES string of the molecule is COc1cc([NH+]=C(C(=O)N2CCc3cc(F)c(C(F)(F)F)cc32)c2ccc(Cl)cc2)cc(OCCCC(=O)O)c1. The highest BCUT2D eigenvalue weighted by Gasteiger charge is 2.39. The minimum Gasteiger partial charge on any atom is -0.496 e. The molecule has 0 saturated carbocycles. The van der Waals surface area contributed by atoms with Crippen molar-refractivity contribution in [3.8, 4) is 11.5 Å². The van der Waals surface area contributed by atoms with E-state index in [0.29, 0.717) is 33.8 Å². The fraction of sp³-hybridized carbons (Fsp3) is 0.250. The minimum atomic E-state index is -4.93. The molecule has 0 atom stereocenters. The highest BCUT2D eigenvalue weighted by atomic mass is 35.5. The highest BCUT2D eigenvalue weighted by Crippen LogP contribution is 2.38. The molecule has 0 unspecified atom stereocenters. The number of nitrogens with one attached hydrogen (secondary N) is 1. The number of carbonyl (C=O) groups excluding carboxylic acids is 1. The van der Waals surface area contributed by atoms with Crippen LogP contribution in [-0.4, -0.2) is 43.0 Å². The van der Waals surface area contributed by atoms with Crippen molar-refractivity contribution in [3.05, 3.63) is 82.1 Å². The lowest BCUT2D eigenvalue weighted by atomic mass is 10.1. The van der Waals surface area contributed by atoms with Crippen LogP contribution in [0.1, 0.15) is 29.5 Å². The Bertz CT molecular complexity index is 1460. The van der Waals surface area contributed by atoms with E-state index in [-0.39, 0.29) is 49.4 Å². The van der Waals surface area contributed by atoms with E-state index in [1.807, 2.05) is 0 Å². The van der Waals surface area contributed by atoms with Gasteiger partial charge < -0.3 is 19.5 Å². The second-order valence-corrected chi connectivity index (χ2v) is 9.35. The molecule has 0 aliphatic carbocycles. The molecule has 40 heavy (non-hydrogen) atoms. The number of carbonyl (C=O) groups is 2. The van der Waals surface area contributed by atoms with Gasteiger partial charge in [-0.25, -0.2) is 4.39 Å². The second-order valence-electron chi connectivity index (χ2n) is 8.92. The van der Waals surface area contributed by atoms with E-state index in [0.717, 1.165) is 6.07 Å². The van der Waals surface area contributed by atoms with Gasteiger partial charge in [-0.3, -0.25) is 9.59 Å². The van der Waals surface area contributed by atoms with Gasteiger partial charge in [-0.1, -0.05) is 11.6 Å². The van der Waals surface area contributed by atoms with E-state index >= 15 is 0 Å². The molecule has 0 aromatic heterocycles. The fourth-order valence-corrected chi connectivity index (χ4v) is 4.36. The summed E-state index contributed by atoms with van der Waals surface area (Å²) < 4.78 is 65.4. The molecule has 2 N–H and O–H groups in total. The van der Waals surface area contributed by atoms with Crippen LogP contribution in [0.3, 0.4) is 0 Å². The predicted molar refractivity (Wildman–Crippen MR) is 139 cm³/mol. The van der Waals surface area contributed by atoms with Crippen LogP contribution in [0, 0.1) is 5.82 Å². The maximum atomic E-state index is 14.2. The van der Waals surface area contributed by atoms with Gasteiger partial charge in [0.2, 0.25) is 5.69 Å². The molecule has 0 saturated heterocycles. The molecule has 1 heterocycles. The maximum Gasteiger partial charge on any atom is 0.419 e. The van der Waals surface area contributed by atoms with Gasteiger partial charge >= 0.3 is 18.1 Å². The number of rotatable bonds is 9. The summed E-state index contributed by atoms with van der Waals surface area (Å²) in [6.07, 6.45) is -4.56. The van der Waals surface area contributed by atoms with Gasteiger partial charge in [-0.05, 0) is 54.8 Å². The monoisotopic (exact) mass is 579 g/mol. The molecule has 7 nitrogen and oxygen atoms in total. The van der Waals surface area contributed by atoms with Crippen molar-refractivity contribution in [1.29, 1.82) is 0 Å². The third kappa shape index (κ3) is 6.71. The topological polar surface area (TPSA) is 90.0 Å².